The third kappa shape index (κ3) is 3.71. The minimum atomic E-state index is -4.70. The quantitative estimate of drug-likeness (QED) is 0.537. The predicted octanol–water partition coefficient (Wildman–Crippen LogP) is 4.33. The number of hydrogen-bond donors (Lipinski definition) is 1. The first-order valence-corrected chi connectivity index (χ1v) is 8.83. The number of aromatic nitrogens is 3. The number of nitrogens with zero attached hydrogens (tertiary/aromatic N) is 4. The van der Waals surface area contributed by atoms with Gasteiger partial charge in [0.05, 0.1) is 6.26 Å². The second-order valence-electron chi connectivity index (χ2n) is 6.70. The highest BCUT2D eigenvalue weighted by Crippen LogP contribution is 2.32. The number of carbonyl (C=O) groups is 1. The highest BCUT2D eigenvalue weighted by molar-refractivity contribution is 6.03. The number of nitrogens with one attached hydrogen (secondary N) is 1. The summed E-state index contributed by atoms with van der Waals surface area (Å²) in [4.78, 5) is 18.6. The van der Waals surface area contributed by atoms with Crippen LogP contribution in [0.2, 0.25) is 0 Å². The Bertz CT molecular complexity index is 1200. The van der Waals surface area contributed by atoms with Crippen molar-refractivity contribution in [3.63, 3.8) is 0 Å². The molecule has 4 aromatic rings. The first-order valence-electron chi connectivity index (χ1n) is 8.83. The van der Waals surface area contributed by atoms with Gasteiger partial charge in [-0.15, -0.1) is 0 Å². The summed E-state index contributed by atoms with van der Waals surface area (Å²) in [5.74, 6) is -0.470. The molecule has 0 spiro atoms. The van der Waals surface area contributed by atoms with Crippen molar-refractivity contribution in [2.75, 3.05) is 24.3 Å². The Morgan fingerprint density at radius 2 is 1.87 bits per heavy atom. The maximum absolute atomic E-state index is 13.6. The van der Waals surface area contributed by atoms with Crippen LogP contribution in [0, 0.1) is 0 Å². The largest absolute Gasteiger partial charge is 0.463 e. The van der Waals surface area contributed by atoms with Crippen LogP contribution in [0.5, 0.6) is 0 Å². The maximum Gasteiger partial charge on any atom is 0.433 e. The summed E-state index contributed by atoms with van der Waals surface area (Å²) >= 11 is 0. The number of alkyl halides is 3. The van der Waals surface area contributed by atoms with Crippen LogP contribution in [0.4, 0.5) is 24.5 Å². The van der Waals surface area contributed by atoms with Crippen LogP contribution in [0.15, 0.2) is 59.2 Å². The van der Waals surface area contributed by atoms with E-state index in [0.29, 0.717) is 10.2 Å². The molecule has 0 saturated carbocycles. The first kappa shape index (κ1) is 19.5. The molecule has 4 rings (SSSR count). The molecule has 0 atom stereocenters. The predicted molar refractivity (Wildman–Crippen MR) is 104 cm³/mol. The van der Waals surface area contributed by atoms with Crippen LogP contribution in [0.1, 0.15) is 16.2 Å². The fourth-order valence-electron chi connectivity index (χ4n) is 2.88. The minimum absolute atomic E-state index is 0.00837. The van der Waals surface area contributed by atoms with Crippen molar-refractivity contribution in [2.24, 2.45) is 0 Å². The van der Waals surface area contributed by atoms with Gasteiger partial charge in [0.25, 0.3) is 5.91 Å². The summed E-state index contributed by atoms with van der Waals surface area (Å²) in [6, 6.07) is 12.1. The van der Waals surface area contributed by atoms with Crippen LogP contribution >= 0.6 is 0 Å². The van der Waals surface area contributed by atoms with E-state index in [1.165, 1.54) is 18.4 Å². The molecular weight excluding hydrogens is 399 g/mol. The topological polar surface area (TPSA) is 75.7 Å². The minimum Gasteiger partial charge on any atom is -0.463 e. The fourth-order valence-corrected chi connectivity index (χ4v) is 2.88. The Balaban J connectivity index is 1.70. The summed E-state index contributed by atoms with van der Waals surface area (Å²) in [5.41, 5.74) is 0.0398. The van der Waals surface area contributed by atoms with Crippen molar-refractivity contribution < 1.29 is 22.4 Å². The number of halogens is 3. The molecule has 0 saturated heterocycles. The number of benzene rings is 1. The van der Waals surface area contributed by atoms with Gasteiger partial charge in [-0.3, -0.25) is 4.79 Å². The lowest BCUT2D eigenvalue weighted by Gasteiger charge is -2.12. The third-order valence-electron chi connectivity index (χ3n) is 4.37. The highest BCUT2D eigenvalue weighted by Gasteiger charge is 2.36. The lowest BCUT2D eigenvalue weighted by atomic mass is 10.2. The summed E-state index contributed by atoms with van der Waals surface area (Å²) < 4.78 is 46.5. The number of furan rings is 1. The number of fused-ring (bicyclic) bond motifs is 1. The van der Waals surface area contributed by atoms with Crippen molar-refractivity contribution in [1.82, 2.24) is 14.6 Å². The monoisotopic (exact) mass is 415 g/mol. The lowest BCUT2D eigenvalue weighted by molar-refractivity contribution is -0.142. The van der Waals surface area contributed by atoms with Crippen LogP contribution in [0.3, 0.4) is 0 Å². The molecule has 1 aromatic carbocycles. The van der Waals surface area contributed by atoms with E-state index in [-0.39, 0.29) is 22.8 Å². The molecule has 3 heterocycles. The van der Waals surface area contributed by atoms with E-state index < -0.39 is 17.8 Å². The SMILES string of the molecule is CN(C)c1ccc(NC(=O)c2cc3nc(-c4ccco4)cc(C(F)(F)F)n3n2)cc1. The molecule has 3 aromatic heterocycles. The smallest absolute Gasteiger partial charge is 0.433 e. The molecule has 0 aliphatic heterocycles. The van der Waals surface area contributed by atoms with Crippen LogP contribution in [0.25, 0.3) is 17.1 Å². The number of hydrogen-bond acceptors (Lipinski definition) is 5. The third-order valence-corrected chi connectivity index (χ3v) is 4.37. The van der Waals surface area contributed by atoms with Gasteiger partial charge >= 0.3 is 6.18 Å². The number of rotatable bonds is 4. The van der Waals surface area contributed by atoms with Crippen molar-refractivity contribution >= 4 is 22.9 Å². The Morgan fingerprint density at radius 3 is 2.47 bits per heavy atom. The van der Waals surface area contributed by atoms with Gasteiger partial charge in [-0.05, 0) is 42.5 Å². The zero-order valence-corrected chi connectivity index (χ0v) is 15.9. The maximum atomic E-state index is 13.6. The zero-order chi connectivity index (χ0) is 21.5. The number of anilines is 2. The van der Waals surface area contributed by atoms with Crippen LogP contribution < -0.4 is 10.2 Å². The van der Waals surface area contributed by atoms with Gasteiger partial charge in [-0.25, -0.2) is 9.50 Å². The Labute approximate surface area is 168 Å². The number of carbonyl (C=O) groups excluding carboxylic acids is 1. The fraction of sp³-hybridized carbons (Fsp3) is 0.150. The van der Waals surface area contributed by atoms with Crippen molar-refractivity contribution in [2.45, 2.75) is 6.18 Å². The first-order chi connectivity index (χ1) is 14.2. The normalized spacial score (nSPS) is 11.6. The molecule has 0 fully saturated rings. The lowest BCUT2D eigenvalue weighted by Crippen LogP contribution is -2.16. The zero-order valence-electron chi connectivity index (χ0n) is 15.9. The summed E-state index contributed by atoms with van der Waals surface area (Å²) in [6.45, 7) is 0. The van der Waals surface area contributed by atoms with E-state index in [4.69, 9.17) is 4.42 Å². The molecule has 1 amide bonds. The molecule has 7 nitrogen and oxygen atoms in total. The summed E-state index contributed by atoms with van der Waals surface area (Å²) in [5, 5.41) is 6.45. The molecule has 154 valence electrons. The number of amides is 1. The van der Waals surface area contributed by atoms with Crippen molar-refractivity contribution in [3.8, 4) is 11.5 Å². The van der Waals surface area contributed by atoms with E-state index in [2.05, 4.69) is 15.4 Å². The second-order valence-corrected chi connectivity index (χ2v) is 6.70. The Kier molecular flexibility index (Phi) is 4.69. The summed E-state index contributed by atoms with van der Waals surface area (Å²) in [7, 11) is 3.76. The average molecular weight is 415 g/mol. The van der Waals surface area contributed by atoms with E-state index in [1.807, 2.05) is 19.0 Å². The van der Waals surface area contributed by atoms with Gasteiger partial charge in [-0.2, -0.15) is 18.3 Å². The van der Waals surface area contributed by atoms with E-state index in [9.17, 15) is 18.0 Å². The second kappa shape index (κ2) is 7.21. The average Bonchev–Trinajstić information content (AvgIpc) is 3.36. The molecular formula is C20H16F3N5O2. The van der Waals surface area contributed by atoms with Gasteiger partial charge in [0.2, 0.25) is 0 Å². The molecule has 10 heteroatoms. The molecule has 0 aliphatic carbocycles. The molecule has 30 heavy (non-hydrogen) atoms. The van der Waals surface area contributed by atoms with Gasteiger partial charge in [0, 0.05) is 31.5 Å². The molecule has 0 bridgehead atoms. The van der Waals surface area contributed by atoms with Gasteiger partial charge in [0.15, 0.2) is 22.8 Å². The standard InChI is InChI=1S/C20H16F3N5O2/c1-27(2)13-7-5-12(6-8-13)24-19(29)15-11-18-25-14(16-4-3-9-30-16)10-17(20(21,22)23)28(18)26-15/h3-11H,1-2H3,(H,24,29). The Morgan fingerprint density at radius 1 is 1.13 bits per heavy atom. The van der Waals surface area contributed by atoms with Gasteiger partial charge in [0.1, 0.15) is 5.69 Å². The highest BCUT2D eigenvalue weighted by atomic mass is 19.4. The van der Waals surface area contributed by atoms with Crippen molar-refractivity contribution in [3.05, 3.63) is 66.2 Å². The molecule has 1 N–H and O–H groups in total. The Hall–Kier alpha value is -3.82. The van der Waals surface area contributed by atoms with Crippen LogP contribution in [-0.4, -0.2) is 34.6 Å². The van der Waals surface area contributed by atoms with E-state index in [0.717, 1.165) is 11.8 Å². The molecule has 0 aliphatic rings. The van der Waals surface area contributed by atoms with Crippen molar-refractivity contribution in [1.29, 1.82) is 0 Å². The van der Waals surface area contributed by atoms with E-state index >= 15 is 0 Å². The molecule has 0 unspecified atom stereocenters. The van der Waals surface area contributed by atoms with Gasteiger partial charge in [-0.1, -0.05) is 0 Å². The molecule has 0 radical (unpaired) electrons. The van der Waals surface area contributed by atoms with E-state index in [1.54, 1.807) is 30.3 Å². The summed E-state index contributed by atoms with van der Waals surface area (Å²) in [6.07, 6.45) is -3.37. The van der Waals surface area contributed by atoms with Gasteiger partial charge < -0.3 is 14.6 Å². The van der Waals surface area contributed by atoms with Crippen LogP contribution in [-0.2, 0) is 6.18 Å².